The molecule has 0 aromatic rings. The summed E-state index contributed by atoms with van der Waals surface area (Å²) in [6, 6.07) is 0. The van der Waals surface area contributed by atoms with Crippen LogP contribution in [0.15, 0.2) is 0 Å². The number of hydrogen-bond acceptors (Lipinski definition) is 0. The summed E-state index contributed by atoms with van der Waals surface area (Å²) in [5.74, 6) is 0. The second-order valence-corrected chi connectivity index (χ2v) is 8.72. The minimum atomic E-state index is -0.204. The molecule has 0 radical (unpaired) electrons. The molecule has 0 nitrogen and oxygen atoms in total. The Morgan fingerprint density at radius 2 is 1.43 bits per heavy atom. The first kappa shape index (κ1) is 8.57. The van der Waals surface area contributed by atoms with Crippen LogP contribution in [0.4, 0.5) is 0 Å². The van der Waals surface area contributed by atoms with Gasteiger partial charge in [0.05, 0.1) is 0 Å². The molecule has 0 amide bonds. The van der Waals surface area contributed by atoms with Crippen molar-refractivity contribution in [1.29, 1.82) is 0 Å². The zero-order chi connectivity index (χ0) is 5.54. The second-order valence-electron chi connectivity index (χ2n) is 2.06. The van der Waals surface area contributed by atoms with Crippen LogP contribution >= 0.6 is 0 Å². The van der Waals surface area contributed by atoms with E-state index >= 15 is 0 Å². The van der Waals surface area contributed by atoms with Gasteiger partial charge in [0.25, 0.3) is 0 Å². The van der Waals surface area contributed by atoms with Gasteiger partial charge in [0.2, 0.25) is 0 Å². The standard InChI is InChI=1S/2C3H7.Ba/c2*1-3-2;/h2*1,3H2,2H3;. The predicted octanol–water partition coefficient (Wildman–Crippen LogP) is 2.35. The zero-order valence-electron chi connectivity index (χ0n) is 5.54. The molecule has 1 heteroatoms. The maximum absolute atomic E-state index is 2.30. The van der Waals surface area contributed by atoms with Gasteiger partial charge in [-0.15, -0.1) is 0 Å². The fourth-order valence-electron chi connectivity index (χ4n) is 0.677. The van der Waals surface area contributed by atoms with Crippen LogP contribution in [0.2, 0.25) is 1.78 Å². The average molecular weight is 224 g/mol. The van der Waals surface area contributed by atoms with Crippen molar-refractivity contribution in [3.05, 3.63) is 0 Å². The van der Waals surface area contributed by atoms with E-state index in [9.17, 15) is 0 Å². The van der Waals surface area contributed by atoms with Crippen molar-refractivity contribution >= 4 is 44.2 Å². The van der Waals surface area contributed by atoms with Gasteiger partial charge in [0.1, 0.15) is 0 Å². The Morgan fingerprint density at radius 3 is 1.71 bits per heavy atom. The van der Waals surface area contributed by atoms with Gasteiger partial charge in [-0.1, -0.05) is 0 Å². The molecule has 0 saturated heterocycles. The molecule has 0 aliphatic heterocycles. The van der Waals surface area contributed by atoms with Crippen LogP contribution in [-0.2, 0) is 0 Å². The van der Waals surface area contributed by atoms with Crippen molar-refractivity contribution in [2.75, 3.05) is 0 Å². The normalized spacial score (nSPS) is 8.29. The number of rotatable bonds is 4. The van der Waals surface area contributed by atoms with Crippen molar-refractivity contribution in [3.8, 4) is 0 Å². The predicted molar refractivity (Wildman–Crippen MR) is 35.9 cm³/mol. The van der Waals surface area contributed by atoms with Gasteiger partial charge in [-0.2, -0.15) is 0 Å². The van der Waals surface area contributed by atoms with Gasteiger partial charge < -0.3 is 0 Å². The Hall–Kier alpha value is 1.57. The molecular formula is C6H14Ba. The van der Waals surface area contributed by atoms with Crippen LogP contribution in [0.3, 0.4) is 0 Å². The van der Waals surface area contributed by atoms with Gasteiger partial charge in [0.15, 0.2) is 0 Å². The SMILES string of the molecule is CC[CH2][Ba][CH2]CC. The summed E-state index contributed by atoms with van der Waals surface area (Å²) in [4.78, 5) is 0. The molecule has 0 atom stereocenters. The zero-order valence-corrected chi connectivity index (χ0v) is 9.98. The van der Waals surface area contributed by atoms with E-state index in [-0.39, 0.29) is 44.2 Å². The third-order valence-electron chi connectivity index (χ3n) is 1.21. The van der Waals surface area contributed by atoms with Crippen molar-refractivity contribution in [1.82, 2.24) is 0 Å². The first-order chi connectivity index (χ1) is 3.41. The average Bonchev–Trinajstić information content (AvgIpc) is 1.69. The van der Waals surface area contributed by atoms with Crippen LogP contribution < -0.4 is 0 Å². The summed E-state index contributed by atoms with van der Waals surface area (Å²) in [5.41, 5.74) is 0. The van der Waals surface area contributed by atoms with E-state index in [0.717, 1.165) is 0 Å². The molecule has 0 aromatic carbocycles. The van der Waals surface area contributed by atoms with Gasteiger partial charge in [-0.3, -0.25) is 0 Å². The summed E-state index contributed by atoms with van der Waals surface area (Å²) >= 11 is -0.204. The van der Waals surface area contributed by atoms with Gasteiger partial charge in [0, 0.05) is 0 Å². The fourth-order valence-corrected chi connectivity index (χ4v) is 4.93. The van der Waals surface area contributed by atoms with Gasteiger partial charge in [-0.05, 0) is 0 Å². The van der Waals surface area contributed by atoms with Crippen molar-refractivity contribution in [2.24, 2.45) is 0 Å². The fraction of sp³-hybridized carbons (Fsp3) is 1.00. The van der Waals surface area contributed by atoms with Crippen molar-refractivity contribution < 1.29 is 0 Å². The van der Waals surface area contributed by atoms with Gasteiger partial charge in [-0.25, -0.2) is 0 Å². The molecule has 0 fully saturated rings. The molecule has 0 rings (SSSR count). The molecule has 0 heterocycles. The van der Waals surface area contributed by atoms with E-state index in [1.807, 2.05) is 0 Å². The molecular weight excluding hydrogens is 209 g/mol. The Balaban J connectivity index is 2.45. The molecule has 0 saturated carbocycles. The molecule has 0 aromatic heterocycles. The minimum absolute atomic E-state index is 0.204. The molecule has 0 aliphatic carbocycles. The number of hydrogen-bond donors (Lipinski definition) is 0. The molecule has 0 aliphatic rings. The van der Waals surface area contributed by atoms with Crippen LogP contribution in [0.25, 0.3) is 0 Å². The summed E-state index contributed by atoms with van der Waals surface area (Å²) < 4.78 is 3.29. The van der Waals surface area contributed by atoms with Crippen LogP contribution in [0, 0.1) is 0 Å². The Bertz CT molecular complexity index is 23.4. The van der Waals surface area contributed by atoms with E-state index in [0.29, 0.717) is 0 Å². The Labute approximate surface area is 71.4 Å². The molecule has 0 N–H and O–H groups in total. The summed E-state index contributed by atoms with van der Waals surface area (Å²) in [6.45, 7) is 4.60. The Kier molecular flexibility index (Phi) is 9.27. The van der Waals surface area contributed by atoms with Crippen molar-refractivity contribution in [2.45, 2.75) is 28.5 Å². The topological polar surface area (TPSA) is 0 Å². The first-order valence-corrected chi connectivity index (χ1v) is 9.69. The second kappa shape index (κ2) is 7.57. The molecule has 0 bridgehead atoms. The third-order valence-corrected chi connectivity index (χ3v) is 8.79. The quantitative estimate of drug-likeness (QED) is 0.507. The maximum atomic E-state index is 2.30. The first-order valence-electron chi connectivity index (χ1n) is 3.41. The Morgan fingerprint density at radius 1 is 1.00 bits per heavy atom. The van der Waals surface area contributed by atoms with E-state index in [1.165, 1.54) is 12.8 Å². The monoisotopic (exact) mass is 224 g/mol. The van der Waals surface area contributed by atoms with E-state index < -0.39 is 0 Å². The van der Waals surface area contributed by atoms with Crippen LogP contribution in [-0.4, -0.2) is 44.2 Å². The van der Waals surface area contributed by atoms with E-state index in [1.54, 1.807) is 1.78 Å². The van der Waals surface area contributed by atoms with Gasteiger partial charge >= 0.3 is 72.7 Å². The van der Waals surface area contributed by atoms with E-state index in [2.05, 4.69) is 13.8 Å². The molecule has 0 unspecified atom stereocenters. The molecule has 40 valence electrons. The summed E-state index contributed by atoms with van der Waals surface area (Å²) in [5, 5.41) is 0. The molecule has 7 heavy (non-hydrogen) atoms. The summed E-state index contributed by atoms with van der Waals surface area (Å²) in [7, 11) is 0. The van der Waals surface area contributed by atoms with Crippen molar-refractivity contribution in [3.63, 3.8) is 0 Å². The molecule has 0 spiro atoms. The third kappa shape index (κ3) is 7.57. The summed E-state index contributed by atoms with van der Waals surface area (Å²) in [6.07, 6.45) is 2.92. The van der Waals surface area contributed by atoms with Crippen LogP contribution in [0.1, 0.15) is 26.7 Å². The van der Waals surface area contributed by atoms with E-state index in [4.69, 9.17) is 0 Å². The van der Waals surface area contributed by atoms with Crippen LogP contribution in [0.5, 0.6) is 0 Å².